The minimum Gasteiger partial charge on any atom is -0.361 e. The third-order valence-electron chi connectivity index (χ3n) is 9.82. The topological polar surface area (TPSA) is 147 Å². The lowest BCUT2D eigenvalue weighted by Gasteiger charge is -2.41. The van der Waals surface area contributed by atoms with E-state index in [9.17, 15) is 24.0 Å². The molecule has 0 spiro atoms. The van der Waals surface area contributed by atoms with E-state index in [-0.39, 0.29) is 47.3 Å². The molecule has 1 aromatic carbocycles. The number of aromatic nitrogens is 1. The average Bonchev–Trinajstić information content (AvgIpc) is 3.45. The number of para-hydroxylation sites is 1. The summed E-state index contributed by atoms with van der Waals surface area (Å²) in [5.74, 6) is -2.72. The van der Waals surface area contributed by atoms with Crippen molar-refractivity contribution in [1.29, 1.82) is 0 Å². The summed E-state index contributed by atoms with van der Waals surface area (Å²) < 4.78 is 0. The minimum absolute atomic E-state index is 0.00927. The molecule has 5 atom stereocenters. The maximum absolute atomic E-state index is 14.3. The predicted octanol–water partition coefficient (Wildman–Crippen LogP) is 3.66. The van der Waals surface area contributed by atoms with Crippen LogP contribution in [0.2, 0.25) is 0 Å². The van der Waals surface area contributed by atoms with Gasteiger partial charge in [-0.25, -0.2) is 0 Å². The minimum atomic E-state index is -0.907. The number of aromatic amines is 1. The summed E-state index contributed by atoms with van der Waals surface area (Å²) in [4.78, 5) is 76.8. The van der Waals surface area contributed by atoms with Crippen LogP contribution in [0.25, 0.3) is 10.9 Å². The third-order valence-corrected chi connectivity index (χ3v) is 9.82. The number of hydrogen-bond donors (Lipinski definition) is 4. The highest BCUT2D eigenvalue weighted by molar-refractivity contribution is 5.96. The molecule has 12 heteroatoms. The van der Waals surface area contributed by atoms with Gasteiger partial charge in [-0.2, -0.15) is 0 Å². The Balaban J connectivity index is 2.25. The molecule has 0 saturated heterocycles. The Morgan fingerprint density at radius 1 is 0.627 bits per heavy atom. The standard InChI is InChI=1S/C39H65N7O5/c1-22(2)30(35(47)41-20-19-27-21-42-29-18-16-15-17-28(27)29)43-36(48)32(24(5)6)44(12)38(50)34(26(9)10)46(14)39(51)33(25(7)8)45(13)37(49)31(40-11)23(3)4/h15-18,21-26,30-34,40,42H,19-20H2,1-14H3,(H,41,47)(H,43,48)/t30-,31-,32-,33-,34-/m0/s1. The zero-order valence-corrected chi connectivity index (χ0v) is 33.5. The lowest BCUT2D eigenvalue weighted by atomic mass is 9.94. The molecule has 1 heterocycles. The molecule has 0 aliphatic rings. The van der Waals surface area contributed by atoms with Crippen LogP contribution in [0, 0.1) is 29.6 Å². The van der Waals surface area contributed by atoms with Crippen LogP contribution in [-0.2, 0) is 30.4 Å². The number of carbonyl (C=O) groups excluding carboxylic acids is 5. The molecule has 12 nitrogen and oxygen atoms in total. The van der Waals surface area contributed by atoms with Gasteiger partial charge in [0, 0.05) is 44.8 Å². The first-order chi connectivity index (χ1) is 23.8. The second kappa shape index (κ2) is 19.1. The fraction of sp³-hybridized carbons (Fsp3) is 0.667. The average molecular weight is 712 g/mol. The van der Waals surface area contributed by atoms with Gasteiger partial charge in [-0.3, -0.25) is 24.0 Å². The Bertz CT molecular complexity index is 1480. The second-order valence-corrected chi connectivity index (χ2v) is 15.6. The lowest BCUT2D eigenvalue weighted by Crippen LogP contribution is -2.62. The van der Waals surface area contributed by atoms with Crippen LogP contribution in [0.3, 0.4) is 0 Å². The number of H-pyrrole nitrogens is 1. The summed E-state index contributed by atoms with van der Waals surface area (Å²) in [7, 11) is 6.51. The molecule has 0 aliphatic carbocycles. The van der Waals surface area contributed by atoms with Crippen molar-refractivity contribution in [3.05, 3.63) is 36.0 Å². The number of nitrogens with zero attached hydrogens (tertiary/aromatic N) is 3. The van der Waals surface area contributed by atoms with Crippen LogP contribution in [0.5, 0.6) is 0 Å². The van der Waals surface area contributed by atoms with Gasteiger partial charge in [-0.15, -0.1) is 0 Å². The zero-order valence-electron chi connectivity index (χ0n) is 33.5. The lowest BCUT2D eigenvalue weighted by molar-refractivity contribution is -0.155. The Hall–Kier alpha value is -3.93. The molecule has 0 aliphatic heterocycles. The van der Waals surface area contributed by atoms with Gasteiger partial charge in [0.05, 0.1) is 6.04 Å². The van der Waals surface area contributed by atoms with Crippen molar-refractivity contribution >= 4 is 40.4 Å². The van der Waals surface area contributed by atoms with E-state index < -0.39 is 42.0 Å². The quantitative estimate of drug-likeness (QED) is 0.186. The maximum Gasteiger partial charge on any atom is 0.246 e. The summed E-state index contributed by atoms with van der Waals surface area (Å²) in [6, 6.07) is 4.09. The molecule has 0 saturated carbocycles. The molecule has 0 unspecified atom stereocenters. The highest BCUT2D eigenvalue weighted by Gasteiger charge is 2.42. The summed E-state index contributed by atoms with van der Waals surface area (Å²) in [5, 5.41) is 10.1. The van der Waals surface area contributed by atoms with Crippen molar-refractivity contribution in [2.75, 3.05) is 34.7 Å². The number of amides is 5. The first kappa shape index (κ1) is 43.2. The third kappa shape index (κ3) is 10.6. The summed E-state index contributed by atoms with van der Waals surface area (Å²) in [6.45, 7) is 19.2. The molecule has 2 rings (SSSR count). The summed E-state index contributed by atoms with van der Waals surface area (Å²) in [5.41, 5.74) is 2.13. The molecule has 286 valence electrons. The van der Waals surface area contributed by atoms with Crippen molar-refractivity contribution in [1.82, 2.24) is 35.6 Å². The van der Waals surface area contributed by atoms with Crippen LogP contribution < -0.4 is 16.0 Å². The number of fused-ring (bicyclic) bond motifs is 1. The van der Waals surface area contributed by atoms with E-state index in [1.807, 2.05) is 99.7 Å². The molecule has 0 fully saturated rings. The molecule has 0 radical (unpaired) electrons. The Labute approximate surface area is 305 Å². The largest absolute Gasteiger partial charge is 0.361 e. The van der Waals surface area contributed by atoms with Crippen LogP contribution >= 0.6 is 0 Å². The molecule has 51 heavy (non-hydrogen) atoms. The van der Waals surface area contributed by atoms with Crippen molar-refractivity contribution < 1.29 is 24.0 Å². The van der Waals surface area contributed by atoms with Crippen molar-refractivity contribution in [3.63, 3.8) is 0 Å². The Kier molecular flexibility index (Phi) is 16.2. The highest BCUT2D eigenvalue weighted by Crippen LogP contribution is 2.23. The zero-order chi connectivity index (χ0) is 38.9. The van der Waals surface area contributed by atoms with Gasteiger partial charge >= 0.3 is 0 Å². The summed E-state index contributed by atoms with van der Waals surface area (Å²) >= 11 is 0. The van der Waals surface area contributed by atoms with E-state index in [1.165, 1.54) is 14.7 Å². The van der Waals surface area contributed by atoms with Gasteiger partial charge in [-0.1, -0.05) is 87.4 Å². The number of rotatable bonds is 18. The molecule has 5 amide bonds. The smallest absolute Gasteiger partial charge is 0.246 e. The Morgan fingerprint density at radius 3 is 1.57 bits per heavy atom. The van der Waals surface area contributed by atoms with Gasteiger partial charge in [0.25, 0.3) is 0 Å². The van der Waals surface area contributed by atoms with Gasteiger partial charge in [0.1, 0.15) is 24.2 Å². The molecule has 0 bridgehead atoms. The number of likely N-dealkylation sites (N-methyl/N-ethyl adjacent to an activating group) is 4. The van der Waals surface area contributed by atoms with E-state index in [2.05, 4.69) is 20.9 Å². The van der Waals surface area contributed by atoms with Gasteiger partial charge < -0.3 is 35.6 Å². The number of carbonyl (C=O) groups is 5. The van der Waals surface area contributed by atoms with Gasteiger partial charge in [0.2, 0.25) is 29.5 Å². The van der Waals surface area contributed by atoms with Gasteiger partial charge in [0.15, 0.2) is 0 Å². The Morgan fingerprint density at radius 2 is 1.10 bits per heavy atom. The summed E-state index contributed by atoms with van der Waals surface area (Å²) in [6.07, 6.45) is 2.57. The van der Waals surface area contributed by atoms with E-state index >= 15 is 0 Å². The normalized spacial score (nSPS) is 14.8. The molecular weight excluding hydrogens is 646 g/mol. The fourth-order valence-corrected chi connectivity index (χ4v) is 7.05. The van der Waals surface area contributed by atoms with Crippen molar-refractivity contribution in [2.45, 2.75) is 106 Å². The van der Waals surface area contributed by atoms with E-state index in [1.54, 1.807) is 28.2 Å². The first-order valence-electron chi connectivity index (χ1n) is 18.4. The first-order valence-corrected chi connectivity index (χ1v) is 18.4. The van der Waals surface area contributed by atoms with Crippen LogP contribution in [0.1, 0.15) is 74.8 Å². The van der Waals surface area contributed by atoms with Crippen LogP contribution in [0.4, 0.5) is 0 Å². The molecular formula is C39H65N7O5. The van der Waals surface area contributed by atoms with Crippen LogP contribution in [-0.4, -0.2) is 114 Å². The number of hydrogen-bond acceptors (Lipinski definition) is 6. The second-order valence-electron chi connectivity index (χ2n) is 15.6. The molecule has 4 N–H and O–H groups in total. The fourth-order valence-electron chi connectivity index (χ4n) is 7.05. The van der Waals surface area contributed by atoms with E-state index in [0.717, 1.165) is 16.5 Å². The van der Waals surface area contributed by atoms with Gasteiger partial charge in [-0.05, 0) is 54.7 Å². The molecule has 1 aromatic heterocycles. The monoisotopic (exact) mass is 712 g/mol. The predicted molar refractivity (Wildman–Crippen MR) is 204 cm³/mol. The molecule has 2 aromatic rings. The highest BCUT2D eigenvalue weighted by atomic mass is 16.2. The SMILES string of the molecule is CN[C@H](C(=O)N(C)[C@H](C(=O)N(C)[C@H](C(=O)N(C)[C@H](C(=O)N[C@H](C(=O)NCCc1c[nH]c2ccccc12)C(C)C)C(C)C)C(C)C)C(C)C)C(C)C. The van der Waals surface area contributed by atoms with E-state index in [0.29, 0.717) is 13.0 Å². The van der Waals surface area contributed by atoms with Crippen molar-refractivity contribution in [2.24, 2.45) is 29.6 Å². The van der Waals surface area contributed by atoms with Crippen LogP contribution in [0.15, 0.2) is 30.5 Å². The number of nitrogens with one attached hydrogen (secondary N) is 4. The van der Waals surface area contributed by atoms with E-state index in [4.69, 9.17) is 0 Å². The number of benzene rings is 1. The maximum atomic E-state index is 14.3. The van der Waals surface area contributed by atoms with Crippen molar-refractivity contribution in [3.8, 4) is 0 Å².